The number of aliphatic hydroxyl groups excluding tert-OH is 1. The lowest BCUT2D eigenvalue weighted by Gasteiger charge is -2.33. The number of hydrogen-bond donors (Lipinski definition) is 1. The zero-order chi connectivity index (χ0) is 19.1. The maximum absolute atomic E-state index is 9.08. The third kappa shape index (κ3) is 7.03. The molecule has 152 valence electrons. The molecule has 27 heavy (non-hydrogen) atoms. The molecule has 3 rings (SSSR count). The average Bonchev–Trinajstić information content (AvgIpc) is 2.68. The van der Waals surface area contributed by atoms with Gasteiger partial charge >= 0.3 is 0 Å². The van der Waals surface area contributed by atoms with Crippen LogP contribution in [0.25, 0.3) is 0 Å². The van der Waals surface area contributed by atoms with Gasteiger partial charge in [-0.15, -0.1) is 0 Å². The van der Waals surface area contributed by atoms with Gasteiger partial charge in [0.25, 0.3) is 0 Å². The molecular formula is C23H35BrClNO. The van der Waals surface area contributed by atoms with E-state index in [9.17, 15) is 0 Å². The Morgan fingerprint density at radius 1 is 0.963 bits per heavy atom. The van der Waals surface area contributed by atoms with Gasteiger partial charge in [0.15, 0.2) is 0 Å². The van der Waals surface area contributed by atoms with Crippen LogP contribution in [0.1, 0.15) is 63.4 Å². The first-order valence-corrected chi connectivity index (χ1v) is 12.1. The number of nitrogens with zero attached hydrogens (tertiary/aromatic N) is 1. The summed E-state index contributed by atoms with van der Waals surface area (Å²) >= 11 is 9.83. The van der Waals surface area contributed by atoms with E-state index in [0.29, 0.717) is 6.61 Å². The number of benzene rings is 1. The van der Waals surface area contributed by atoms with Crippen LogP contribution in [0.5, 0.6) is 0 Å². The lowest BCUT2D eigenvalue weighted by atomic mass is 9.79. The molecule has 4 heteroatoms. The van der Waals surface area contributed by atoms with Gasteiger partial charge in [-0.2, -0.15) is 0 Å². The summed E-state index contributed by atoms with van der Waals surface area (Å²) in [5.41, 5.74) is 1.36. The van der Waals surface area contributed by atoms with Crippen LogP contribution in [0.4, 0.5) is 0 Å². The van der Waals surface area contributed by atoms with Crippen LogP contribution in [0.2, 0.25) is 5.02 Å². The van der Waals surface area contributed by atoms with E-state index in [1.54, 1.807) is 0 Å². The van der Waals surface area contributed by atoms with E-state index in [-0.39, 0.29) is 0 Å². The Morgan fingerprint density at radius 3 is 2.30 bits per heavy atom. The second-order valence-electron chi connectivity index (χ2n) is 8.77. The van der Waals surface area contributed by atoms with Crippen LogP contribution in [0, 0.1) is 17.8 Å². The monoisotopic (exact) mass is 455 g/mol. The van der Waals surface area contributed by atoms with Crippen molar-refractivity contribution in [3.05, 3.63) is 33.3 Å². The zero-order valence-corrected chi connectivity index (χ0v) is 18.9. The molecule has 0 amide bonds. The molecule has 1 N–H and O–H groups in total. The first kappa shape index (κ1) is 21.6. The molecular weight excluding hydrogens is 422 g/mol. The molecule has 0 spiro atoms. The highest BCUT2D eigenvalue weighted by Crippen LogP contribution is 2.33. The van der Waals surface area contributed by atoms with Crippen LogP contribution < -0.4 is 0 Å². The van der Waals surface area contributed by atoms with Crippen molar-refractivity contribution in [2.45, 2.75) is 64.2 Å². The van der Waals surface area contributed by atoms with Gasteiger partial charge in [-0.25, -0.2) is 0 Å². The van der Waals surface area contributed by atoms with Crippen LogP contribution in [-0.4, -0.2) is 36.2 Å². The molecule has 0 radical (unpaired) electrons. The molecule has 1 aromatic carbocycles. The fourth-order valence-corrected chi connectivity index (χ4v) is 5.62. The van der Waals surface area contributed by atoms with Crippen molar-refractivity contribution in [1.82, 2.24) is 4.90 Å². The third-order valence-corrected chi connectivity index (χ3v) is 7.82. The highest BCUT2D eigenvalue weighted by Gasteiger charge is 2.22. The minimum Gasteiger partial charge on any atom is -0.396 e. The number of likely N-dealkylation sites (tertiary alicyclic amines) is 1. The fourth-order valence-electron chi connectivity index (χ4n) is 5.02. The SMILES string of the molecule is OCCC1CCC(CCCN2CCC(Cc3cc(Cl)ccc3Br)CC2)CC1. The molecule has 0 unspecified atom stereocenters. The predicted molar refractivity (Wildman–Crippen MR) is 118 cm³/mol. The van der Waals surface area contributed by atoms with Crippen molar-refractivity contribution in [3.63, 3.8) is 0 Å². The largest absolute Gasteiger partial charge is 0.396 e. The second kappa shape index (κ2) is 11.2. The van der Waals surface area contributed by atoms with Gasteiger partial charge in [0.1, 0.15) is 0 Å². The zero-order valence-electron chi connectivity index (χ0n) is 16.5. The van der Waals surface area contributed by atoms with Gasteiger partial charge in [-0.1, -0.05) is 53.2 Å². The Kier molecular flexibility index (Phi) is 8.96. The third-order valence-electron chi connectivity index (χ3n) is 6.81. The Labute approximate surface area is 178 Å². The van der Waals surface area contributed by atoms with Crippen molar-refractivity contribution in [1.29, 1.82) is 0 Å². The van der Waals surface area contributed by atoms with Crippen LogP contribution in [0.15, 0.2) is 22.7 Å². The molecule has 2 aliphatic rings. The van der Waals surface area contributed by atoms with E-state index in [0.717, 1.165) is 35.6 Å². The Balaban J connectivity index is 1.30. The molecule has 1 aromatic rings. The highest BCUT2D eigenvalue weighted by atomic mass is 79.9. The maximum atomic E-state index is 9.08. The van der Waals surface area contributed by atoms with E-state index < -0.39 is 0 Å². The highest BCUT2D eigenvalue weighted by molar-refractivity contribution is 9.10. The summed E-state index contributed by atoms with van der Waals surface area (Å²) in [6.07, 6.45) is 13.0. The van der Waals surface area contributed by atoms with Gasteiger partial charge in [0.2, 0.25) is 0 Å². The molecule has 2 nitrogen and oxygen atoms in total. The summed E-state index contributed by atoms with van der Waals surface area (Å²) in [4.78, 5) is 2.68. The summed E-state index contributed by atoms with van der Waals surface area (Å²) < 4.78 is 1.20. The van der Waals surface area contributed by atoms with E-state index >= 15 is 0 Å². The van der Waals surface area contributed by atoms with Gasteiger partial charge in [0, 0.05) is 16.1 Å². The quantitative estimate of drug-likeness (QED) is 0.494. The van der Waals surface area contributed by atoms with E-state index in [2.05, 4.69) is 33.0 Å². The fraction of sp³-hybridized carbons (Fsp3) is 0.739. The smallest absolute Gasteiger partial charge is 0.0433 e. The Bertz CT molecular complexity index is 565. The lowest BCUT2D eigenvalue weighted by molar-refractivity contribution is 0.168. The molecule has 1 heterocycles. The molecule has 1 saturated carbocycles. The molecule has 0 aromatic heterocycles. The summed E-state index contributed by atoms with van der Waals surface area (Å²) in [6, 6.07) is 6.15. The number of rotatable bonds is 8. The Morgan fingerprint density at radius 2 is 1.63 bits per heavy atom. The lowest BCUT2D eigenvalue weighted by Crippen LogP contribution is -2.35. The minimum atomic E-state index is 0.375. The van der Waals surface area contributed by atoms with Crippen molar-refractivity contribution in [2.75, 3.05) is 26.2 Å². The topological polar surface area (TPSA) is 23.5 Å². The van der Waals surface area contributed by atoms with Crippen LogP contribution >= 0.6 is 27.5 Å². The van der Waals surface area contributed by atoms with Crippen molar-refractivity contribution in [2.24, 2.45) is 17.8 Å². The molecule has 1 saturated heterocycles. The van der Waals surface area contributed by atoms with Crippen molar-refractivity contribution < 1.29 is 5.11 Å². The molecule has 0 atom stereocenters. The standard InChI is InChI=1S/C23H35BrClNO/c24-23-8-7-22(25)17-21(23)16-20-9-13-26(14-10-20)12-1-2-18-3-5-19(6-4-18)11-15-27/h7-8,17-20,27H,1-6,9-16H2. The predicted octanol–water partition coefficient (Wildman–Crippen LogP) is 6.33. The van der Waals surface area contributed by atoms with Crippen molar-refractivity contribution in [3.8, 4) is 0 Å². The summed E-state index contributed by atoms with van der Waals surface area (Å²) in [5.74, 6) is 2.53. The minimum absolute atomic E-state index is 0.375. The van der Waals surface area contributed by atoms with Crippen LogP contribution in [-0.2, 0) is 6.42 Å². The molecule has 1 aliphatic carbocycles. The first-order valence-electron chi connectivity index (χ1n) is 10.9. The van der Waals surface area contributed by atoms with E-state index in [1.807, 2.05) is 6.07 Å². The van der Waals surface area contributed by atoms with Crippen molar-refractivity contribution >= 4 is 27.5 Å². The number of aliphatic hydroxyl groups is 1. The Hall–Kier alpha value is -0.0900. The maximum Gasteiger partial charge on any atom is 0.0433 e. The van der Waals surface area contributed by atoms with Gasteiger partial charge in [-0.05, 0) is 99.7 Å². The molecule has 1 aliphatic heterocycles. The number of halogens is 2. The summed E-state index contributed by atoms with van der Waals surface area (Å²) in [5, 5.41) is 9.93. The van der Waals surface area contributed by atoms with Gasteiger partial charge < -0.3 is 10.0 Å². The summed E-state index contributed by atoms with van der Waals surface area (Å²) in [7, 11) is 0. The number of hydrogen-bond acceptors (Lipinski definition) is 2. The second-order valence-corrected chi connectivity index (χ2v) is 10.1. The van der Waals surface area contributed by atoms with Crippen LogP contribution in [0.3, 0.4) is 0 Å². The van der Waals surface area contributed by atoms with E-state index in [1.165, 1.54) is 81.0 Å². The molecule has 0 bridgehead atoms. The van der Waals surface area contributed by atoms with Gasteiger partial charge in [0.05, 0.1) is 0 Å². The van der Waals surface area contributed by atoms with Gasteiger partial charge in [-0.3, -0.25) is 0 Å². The normalized spacial score (nSPS) is 25.0. The molecule has 2 fully saturated rings. The first-order chi connectivity index (χ1) is 13.1. The average molecular weight is 457 g/mol. The number of piperidine rings is 1. The van der Waals surface area contributed by atoms with E-state index in [4.69, 9.17) is 16.7 Å². The summed E-state index contributed by atoms with van der Waals surface area (Å²) in [6.45, 7) is 4.17.